The molecule has 0 unspecified atom stereocenters. The van der Waals surface area contributed by atoms with Crippen molar-refractivity contribution in [1.82, 2.24) is 19.6 Å². The fourth-order valence-electron chi connectivity index (χ4n) is 5.56. The van der Waals surface area contributed by atoms with Crippen molar-refractivity contribution in [1.29, 1.82) is 0 Å². The van der Waals surface area contributed by atoms with Crippen LogP contribution in [0.1, 0.15) is 49.6 Å². The summed E-state index contributed by atoms with van der Waals surface area (Å²) in [5.74, 6) is 0. The molecule has 4 N–H and O–H groups in total. The third-order valence-electron chi connectivity index (χ3n) is 7.76. The average Bonchev–Trinajstić information content (AvgIpc) is 3.62. The number of rotatable bonds is 5. The lowest BCUT2D eigenvalue weighted by molar-refractivity contribution is 0.111. The van der Waals surface area contributed by atoms with Gasteiger partial charge in [-0.25, -0.2) is 0 Å². The highest BCUT2D eigenvalue weighted by Crippen LogP contribution is 2.25. The fraction of sp³-hybridized carbons (Fsp3) is 0.200. The van der Waals surface area contributed by atoms with E-state index in [9.17, 15) is 4.79 Å². The lowest BCUT2D eigenvalue weighted by Crippen LogP contribution is -1.94. The number of hydrogen-bond donors (Lipinski definition) is 1. The van der Waals surface area contributed by atoms with E-state index in [0.29, 0.717) is 5.69 Å². The van der Waals surface area contributed by atoms with Gasteiger partial charge in [0.25, 0.3) is 0 Å². The average molecular weight is 643 g/mol. The zero-order valence-electron chi connectivity index (χ0n) is 29.1. The standard InChI is InChI=1S/C20H21N3.C11H10N2O.C9H13N.H2O/c1-14-10-15(2)20(16(3)11-14)21-13-18-12-19(23(4)22-18)17-8-6-5-7-9-17;1-13-11(7-10(8-14)12-13)9-5-3-2-4-6-9;1-6-4-7(2)9(10)8(3)5-6;/h5-13H,1-4H3;2-8H,1H3;4-5H,10H2,1-3H3;1H2. The molecule has 4 aromatic carbocycles. The highest BCUT2D eigenvalue weighted by Gasteiger charge is 2.07. The number of nitrogens with zero attached hydrogens (tertiary/aromatic N) is 5. The molecule has 0 aliphatic heterocycles. The maximum atomic E-state index is 10.5. The van der Waals surface area contributed by atoms with Gasteiger partial charge in [-0.2, -0.15) is 10.2 Å². The van der Waals surface area contributed by atoms with Crippen LogP contribution < -0.4 is 5.73 Å². The first-order valence-electron chi connectivity index (χ1n) is 15.6. The van der Waals surface area contributed by atoms with Crippen LogP contribution in [0.15, 0.2) is 102 Å². The Hall–Kier alpha value is -5.60. The number of nitrogen functional groups attached to an aromatic ring is 1. The summed E-state index contributed by atoms with van der Waals surface area (Å²) in [4.78, 5) is 15.2. The fourth-order valence-corrected chi connectivity index (χ4v) is 5.56. The van der Waals surface area contributed by atoms with E-state index in [0.717, 1.165) is 45.9 Å². The molecule has 0 bridgehead atoms. The highest BCUT2D eigenvalue weighted by molar-refractivity contribution is 5.82. The predicted octanol–water partition coefficient (Wildman–Crippen LogP) is 8.03. The van der Waals surface area contributed by atoms with Crippen LogP contribution in [0, 0.1) is 41.5 Å². The first-order valence-corrected chi connectivity index (χ1v) is 15.6. The quantitative estimate of drug-likeness (QED) is 0.116. The molecule has 0 spiro atoms. The van der Waals surface area contributed by atoms with Gasteiger partial charge in [0.2, 0.25) is 0 Å². The Morgan fingerprint density at radius 1 is 0.604 bits per heavy atom. The molecular formula is C40H46N6O2. The number of carbonyl (C=O) groups is 1. The maximum Gasteiger partial charge on any atom is 0.170 e. The van der Waals surface area contributed by atoms with Crippen molar-refractivity contribution in [2.45, 2.75) is 41.5 Å². The normalized spacial score (nSPS) is 10.4. The lowest BCUT2D eigenvalue weighted by Gasteiger charge is -2.05. The zero-order valence-corrected chi connectivity index (χ0v) is 29.1. The van der Waals surface area contributed by atoms with Crippen molar-refractivity contribution in [3.8, 4) is 22.5 Å². The van der Waals surface area contributed by atoms with Crippen molar-refractivity contribution in [3.63, 3.8) is 0 Å². The van der Waals surface area contributed by atoms with Crippen LogP contribution in [0.25, 0.3) is 22.5 Å². The molecule has 0 saturated carbocycles. The van der Waals surface area contributed by atoms with Crippen LogP contribution in [0.4, 0.5) is 11.4 Å². The minimum absolute atomic E-state index is 0. The second-order valence-electron chi connectivity index (χ2n) is 11.8. The number of aliphatic imine (C=N–C) groups is 1. The van der Waals surface area contributed by atoms with E-state index in [1.165, 1.54) is 33.4 Å². The number of anilines is 1. The smallest absolute Gasteiger partial charge is 0.170 e. The van der Waals surface area contributed by atoms with E-state index in [-0.39, 0.29) is 5.48 Å². The molecule has 0 amide bonds. The summed E-state index contributed by atoms with van der Waals surface area (Å²) in [5.41, 5.74) is 20.6. The van der Waals surface area contributed by atoms with Gasteiger partial charge in [0, 0.05) is 19.8 Å². The number of benzene rings is 4. The highest BCUT2D eigenvalue weighted by atomic mass is 16.1. The van der Waals surface area contributed by atoms with Gasteiger partial charge in [0.15, 0.2) is 6.29 Å². The molecule has 2 heterocycles. The number of carbonyl (C=O) groups excluding carboxylic acids is 1. The molecule has 8 nitrogen and oxygen atoms in total. The van der Waals surface area contributed by atoms with E-state index in [4.69, 9.17) is 5.73 Å². The summed E-state index contributed by atoms with van der Waals surface area (Å²) in [6.07, 6.45) is 2.60. The molecule has 248 valence electrons. The Balaban J connectivity index is 0.000000213. The Morgan fingerprint density at radius 2 is 1.00 bits per heavy atom. The second-order valence-corrected chi connectivity index (χ2v) is 11.8. The Morgan fingerprint density at radius 3 is 1.42 bits per heavy atom. The molecule has 0 fully saturated rings. The summed E-state index contributed by atoms with van der Waals surface area (Å²) in [6.45, 7) is 12.5. The van der Waals surface area contributed by atoms with E-state index < -0.39 is 0 Å². The number of nitrogens with two attached hydrogens (primary N) is 1. The van der Waals surface area contributed by atoms with Gasteiger partial charge >= 0.3 is 0 Å². The van der Waals surface area contributed by atoms with Crippen molar-refractivity contribution in [2.75, 3.05) is 5.73 Å². The third kappa shape index (κ3) is 9.47. The van der Waals surface area contributed by atoms with E-state index >= 15 is 0 Å². The number of aldehydes is 1. The van der Waals surface area contributed by atoms with Gasteiger partial charge in [-0.05, 0) is 87.1 Å². The van der Waals surface area contributed by atoms with Crippen molar-refractivity contribution in [2.24, 2.45) is 19.1 Å². The minimum atomic E-state index is 0. The zero-order chi connectivity index (χ0) is 34.1. The Bertz CT molecular complexity index is 1940. The summed E-state index contributed by atoms with van der Waals surface area (Å²) >= 11 is 0. The van der Waals surface area contributed by atoms with Crippen LogP contribution in [-0.4, -0.2) is 37.5 Å². The number of aromatic nitrogens is 4. The second kappa shape index (κ2) is 16.8. The molecule has 6 rings (SSSR count). The van der Waals surface area contributed by atoms with Crippen molar-refractivity contribution >= 4 is 23.9 Å². The SMILES string of the molecule is Cc1cc(C)c(N)c(C)c1.Cc1cc(C)c(N=Cc2cc(-c3ccccc3)n(C)n2)c(C)c1.Cn1nc(C=O)cc1-c1ccccc1.O. The van der Waals surface area contributed by atoms with E-state index in [1.807, 2.05) is 87.4 Å². The topological polar surface area (TPSA) is 123 Å². The first-order chi connectivity index (χ1) is 22.5. The molecule has 0 aliphatic carbocycles. The summed E-state index contributed by atoms with van der Waals surface area (Å²) in [6, 6.07) is 32.5. The van der Waals surface area contributed by atoms with Crippen molar-refractivity contribution < 1.29 is 10.3 Å². The monoisotopic (exact) mass is 642 g/mol. The van der Waals surface area contributed by atoms with Crippen LogP contribution >= 0.6 is 0 Å². The van der Waals surface area contributed by atoms with Crippen molar-refractivity contribution in [3.05, 3.63) is 142 Å². The Kier molecular flexibility index (Phi) is 12.9. The number of aryl methyl sites for hydroxylation is 8. The van der Waals surface area contributed by atoms with Gasteiger partial charge in [-0.15, -0.1) is 0 Å². The van der Waals surface area contributed by atoms with Gasteiger partial charge in [0.1, 0.15) is 11.4 Å². The van der Waals surface area contributed by atoms with Gasteiger partial charge in [0.05, 0.1) is 23.3 Å². The maximum absolute atomic E-state index is 10.5. The Labute approximate surface area is 283 Å². The molecular weight excluding hydrogens is 596 g/mol. The molecule has 2 aromatic heterocycles. The summed E-state index contributed by atoms with van der Waals surface area (Å²) < 4.78 is 3.60. The number of hydrogen-bond acceptors (Lipinski definition) is 5. The molecule has 0 aliphatic rings. The van der Waals surface area contributed by atoms with Crippen LogP contribution in [0.3, 0.4) is 0 Å². The molecule has 0 radical (unpaired) electrons. The summed E-state index contributed by atoms with van der Waals surface area (Å²) in [5, 5.41) is 8.60. The van der Waals surface area contributed by atoms with Gasteiger partial charge in [-0.3, -0.25) is 19.2 Å². The molecule has 6 aromatic rings. The van der Waals surface area contributed by atoms with E-state index in [2.05, 4.69) is 85.3 Å². The van der Waals surface area contributed by atoms with Gasteiger partial charge < -0.3 is 11.2 Å². The molecule has 0 saturated heterocycles. The lowest BCUT2D eigenvalue weighted by atomic mass is 10.1. The van der Waals surface area contributed by atoms with Crippen LogP contribution in [0.5, 0.6) is 0 Å². The molecule has 48 heavy (non-hydrogen) atoms. The first kappa shape index (κ1) is 36.9. The largest absolute Gasteiger partial charge is 0.412 e. The van der Waals surface area contributed by atoms with Gasteiger partial charge in [-0.1, -0.05) is 96.1 Å². The molecule has 8 heteroatoms. The van der Waals surface area contributed by atoms with Crippen LogP contribution in [0.2, 0.25) is 0 Å². The molecule has 0 atom stereocenters. The summed E-state index contributed by atoms with van der Waals surface area (Å²) in [7, 11) is 3.79. The minimum Gasteiger partial charge on any atom is -0.412 e. The third-order valence-corrected chi connectivity index (χ3v) is 7.76. The van der Waals surface area contributed by atoms with Crippen LogP contribution in [-0.2, 0) is 14.1 Å². The van der Waals surface area contributed by atoms with E-state index in [1.54, 1.807) is 10.7 Å². The predicted molar refractivity (Wildman–Crippen MR) is 199 cm³/mol.